The summed E-state index contributed by atoms with van der Waals surface area (Å²) < 4.78 is 14.2. The Morgan fingerprint density at radius 3 is 2.68 bits per heavy atom. The zero-order chi connectivity index (χ0) is 15.1. The average Bonchev–Trinajstić information content (AvgIpc) is 2.74. The van der Waals surface area contributed by atoms with Gasteiger partial charge in [-0.15, -0.1) is 0 Å². The van der Waals surface area contributed by atoms with E-state index >= 15 is 0 Å². The van der Waals surface area contributed by atoms with Crippen LogP contribution in [-0.4, -0.2) is 12.1 Å². The summed E-state index contributed by atoms with van der Waals surface area (Å²) in [4.78, 5) is 11.1. The van der Waals surface area contributed by atoms with Gasteiger partial charge >= 0.3 is 0 Å². The number of nitrogens with zero attached hydrogens (tertiary/aromatic N) is 3. The number of aliphatic imine (C=N–C) groups is 2. The Labute approximate surface area is 128 Å². The van der Waals surface area contributed by atoms with E-state index in [0.29, 0.717) is 5.56 Å². The second kappa shape index (κ2) is 4.91. The van der Waals surface area contributed by atoms with Crippen LogP contribution in [0.4, 0.5) is 10.1 Å². The molecule has 1 unspecified atom stereocenters. The Hall–Kier alpha value is -2.75. The maximum atomic E-state index is 14.2. The summed E-state index contributed by atoms with van der Waals surface area (Å²) in [5.74, 6) is 0.603. The van der Waals surface area contributed by atoms with Gasteiger partial charge in [-0.2, -0.15) is 0 Å². The number of hydrogen-bond donors (Lipinski definition) is 0. The molecule has 0 saturated carbocycles. The first-order valence-corrected chi connectivity index (χ1v) is 7.17. The summed E-state index contributed by atoms with van der Waals surface area (Å²) in [7, 11) is 0. The van der Waals surface area contributed by atoms with E-state index in [1.54, 1.807) is 18.3 Å². The van der Waals surface area contributed by atoms with Crippen molar-refractivity contribution >= 4 is 17.7 Å². The first kappa shape index (κ1) is 13.0. The lowest BCUT2D eigenvalue weighted by Crippen LogP contribution is -2.24. The van der Waals surface area contributed by atoms with Gasteiger partial charge in [0.25, 0.3) is 0 Å². The van der Waals surface area contributed by atoms with Gasteiger partial charge in [0.2, 0.25) is 0 Å². The highest BCUT2D eigenvalue weighted by Gasteiger charge is 2.33. The first-order chi connectivity index (χ1) is 10.8. The van der Waals surface area contributed by atoms with Gasteiger partial charge in [-0.3, -0.25) is 14.9 Å². The van der Waals surface area contributed by atoms with Crippen molar-refractivity contribution in [1.82, 2.24) is 0 Å². The van der Waals surface area contributed by atoms with E-state index in [4.69, 9.17) is 0 Å². The quantitative estimate of drug-likeness (QED) is 0.778. The third-order valence-electron chi connectivity index (χ3n) is 3.98. The van der Waals surface area contributed by atoms with Crippen molar-refractivity contribution in [3.8, 4) is 0 Å². The summed E-state index contributed by atoms with van der Waals surface area (Å²) in [6, 6.07) is 14.4. The molecule has 0 fully saturated rings. The van der Waals surface area contributed by atoms with Crippen LogP contribution in [0.25, 0.3) is 0 Å². The highest BCUT2D eigenvalue weighted by molar-refractivity contribution is 6.06. The normalized spacial score (nSPS) is 19.2. The maximum absolute atomic E-state index is 14.2. The van der Waals surface area contributed by atoms with Gasteiger partial charge in [0.15, 0.2) is 0 Å². The van der Waals surface area contributed by atoms with E-state index in [9.17, 15) is 4.39 Å². The highest BCUT2D eigenvalue weighted by atomic mass is 19.1. The molecule has 3 nitrogen and oxygen atoms in total. The molecule has 0 bridgehead atoms. The van der Waals surface area contributed by atoms with Crippen molar-refractivity contribution < 1.29 is 4.39 Å². The summed E-state index contributed by atoms with van der Waals surface area (Å²) in [5, 5.41) is 0. The molecule has 0 spiro atoms. The molecule has 2 aliphatic heterocycles. The molecule has 4 rings (SSSR count). The third-order valence-corrected chi connectivity index (χ3v) is 3.98. The number of anilines is 1. The number of para-hydroxylation sites is 1. The van der Waals surface area contributed by atoms with Crippen molar-refractivity contribution in [3.63, 3.8) is 0 Å². The smallest absolute Gasteiger partial charge is 0.128 e. The molecule has 2 aromatic rings. The molecule has 2 aromatic carbocycles. The van der Waals surface area contributed by atoms with Gasteiger partial charge in [-0.1, -0.05) is 36.4 Å². The summed E-state index contributed by atoms with van der Waals surface area (Å²) in [5.41, 5.74) is 3.50. The molecule has 2 aliphatic rings. The predicted octanol–water partition coefficient (Wildman–Crippen LogP) is 4.08. The fourth-order valence-electron chi connectivity index (χ4n) is 2.98. The van der Waals surface area contributed by atoms with Crippen molar-refractivity contribution in [2.24, 2.45) is 9.98 Å². The minimum absolute atomic E-state index is 0.242. The Bertz CT molecular complexity index is 836. The van der Waals surface area contributed by atoms with E-state index in [-0.39, 0.29) is 11.9 Å². The number of halogens is 1. The molecule has 0 amide bonds. The molecule has 4 heteroatoms. The van der Waals surface area contributed by atoms with Gasteiger partial charge in [-0.25, -0.2) is 4.39 Å². The number of fused-ring (bicyclic) bond motifs is 3. The Kier molecular flexibility index (Phi) is 2.89. The van der Waals surface area contributed by atoms with E-state index < -0.39 is 0 Å². The number of benzene rings is 2. The number of rotatable bonds is 1. The highest BCUT2D eigenvalue weighted by Crippen LogP contribution is 2.40. The Balaban J connectivity index is 1.87. The Morgan fingerprint density at radius 2 is 1.82 bits per heavy atom. The summed E-state index contributed by atoms with van der Waals surface area (Å²) >= 11 is 0. The van der Waals surface area contributed by atoms with Crippen LogP contribution in [0.1, 0.15) is 24.1 Å². The second-order valence-corrected chi connectivity index (χ2v) is 5.33. The zero-order valence-electron chi connectivity index (χ0n) is 12.1. The van der Waals surface area contributed by atoms with Crippen LogP contribution >= 0.6 is 0 Å². The van der Waals surface area contributed by atoms with E-state index in [0.717, 1.165) is 22.8 Å². The van der Waals surface area contributed by atoms with Crippen LogP contribution in [0.2, 0.25) is 0 Å². The molecule has 2 heterocycles. The second-order valence-electron chi connectivity index (χ2n) is 5.33. The van der Waals surface area contributed by atoms with E-state index in [1.165, 1.54) is 6.07 Å². The number of amidine groups is 1. The molecule has 0 radical (unpaired) electrons. The van der Waals surface area contributed by atoms with Crippen LogP contribution in [0.3, 0.4) is 0 Å². The molecule has 1 atom stereocenters. The van der Waals surface area contributed by atoms with Crippen molar-refractivity contribution in [1.29, 1.82) is 0 Å². The van der Waals surface area contributed by atoms with Crippen molar-refractivity contribution in [2.45, 2.75) is 13.0 Å². The lowest BCUT2D eigenvalue weighted by Gasteiger charge is -2.22. The molecular weight excluding hydrogens is 277 g/mol. The standard InChI is InChI=1S/C18H14FN3/c1-12-21-18(14-7-3-4-8-15(14)19)17-11-20-10-13-6-2-5-9-16(13)22(12)17/h2-11,18H,1H3. The molecule has 0 aliphatic carbocycles. The van der Waals surface area contributed by atoms with Crippen LogP contribution < -0.4 is 4.90 Å². The van der Waals surface area contributed by atoms with Crippen LogP contribution in [0.5, 0.6) is 0 Å². The van der Waals surface area contributed by atoms with Gasteiger partial charge < -0.3 is 0 Å². The van der Waals surface area contributed by atoms with Crippen molar-refractivity contribution in [2.75, 3.05) is 4.90 Å². The first-order valence-electron chi connectivity index (χ1n) is 7.17. The van der Waals surface area contributed by atoms with Crippen LogP contribution in [0.15, 0.2) is 70.4 Å². The topological polar surface area (TPSA) is 28.0 Å². The van der Waals surface area contributed by atoms with E-state index in [2.05, 4.69) is 14.9 Å². The molecule has 0 N–H and O–H groups in total. The van der Waals surface area contributed by atoms with Gasteiger partial charge in [0.1, 0.15) is 17.7 Å². The minimum Gasteiger partial charge on any atom is -0.298 e. The maximum Gasteiger partial charge on any atom is 0.128 e. The Morgan fingerprint density at radius 1 is 1.05 bits per heavy atom. The zero-order valence-corrected chi connectivity index (χ0v) is 12.1. The molecule has 0 saturated heterocycles. The lowest BCUT2D eigenvalue weighted by molar-refractivity contribution is 0.600. The van der Waals surface area contributed by atoms with Gasteiger partial charge in [-0.05, 0) is 19.1 Å². The monoisotopic (exact) mass is 291 g/mol. The van der Waals surface area contributed by atoms with E-state index in [1.807, 2.05) is 43.5 Å². The largest absolute Gasteiger partial charge is 0.298 e. The SMILES string of the molecule is CC1=NC(c2ccccc2F)C2=CN=Cc3ccccc3N21. The third kappa shape index (κ3) is 1.88. The molecular formula is C18H14FN3. The summed E-state index contributed by atoms with van der Waals surface area (Å²) in [6.07, 6.45) is 3.60. The molecule has 0 aromatic heterocycles. The summed E-state index contributed by atoms with van der Waals surface area (Å²) in [6.45, 7) is 1.94. The minimum atomic E-state index is -0.357. The fraction of sp³-hybridized carbons (Fsp3) is 0.111. The van der Waals surface area contributed by atoms with Crippen LogP contribution in [0, 0.1) is 5.82 Å². The molecule has 108 valence electrons. The van der Waals surface area contributed by atoms with Gasteiger partial charge in [0.05, 0.1) is 11.4 Å². The van der Waals surface area contributed by atoms with Crippen LogP contribution in [-0.2, 0) is 0 Å². The predicted molar refractivity (Wildman–Crippen MR) is 86.8 cm³/mol. The molecule has 22 heavy (non-hydrogen) atoms. The fourth-order valence-corrected chi connectivity index (χ4v) is 2.98. The lowest BCUT2D eigenvalue weighted by atomic mass is 10.0. The van der Waals surface area contributed by atoms with Crippen molar-refractivity contribution in [3.05, 3.63) is 77.4 Å². The number of hydrogen-bond acceptors (Lipinski definition) is 3. The average molecular weight is 291 g/mol. The van der Waals surface area contributed by atoms with Gasteiger partial charge in [0, 0.05) is 23.5 Å².